The third kappa shape index (κ3) is 1.55. The number of carbonyl (C=O) groups is 1. The molecule has 2 saturated carbocycles. The summed E-state index contributed by atoms with van der Waals surface area (Å²) in [5.41, 5.74) is -0.651. The van der Waals surface area contributed by atoms with E-state index in [9.17, 15) is 9.90 Å². The molecule has 2 bridgehead atoms. The topological polar surface area (TPSA) is 79.5 Å². The SMILES string of the molecule is O=C(O)C12CC(CN1Cc1noc(C3CCC3)n1)C2. The highest BCUT2D eigenvalue weighted by atomic mass is 16.5. The molecule has 0 spiro atoms. The molecule has 1 N–H and O–H groups in total. The van der Waals surface area contributed by atoms with E-state index >= 15 is 0 Å². The molecule has 102 valence electrons. The average molecular weight is 263 g/mol. The minimum atomic E-state index is -0.705. The Bertz CT molecular complexity index is 517. The molecule has 0 aromatic carbocycles. The van der Waals surface area contributed by atoms with Gasteiger partial charge in [0.05, 0.1) is 6.54 Å². The van der Waals surface area contributed by atoms with Crippen LogP contribution in [0.2, 0.25) is 0 Å². The average Bonchev–Trinajstić information content (AvgIpc) is 2.88. The predicted molar refractivity (Wildman–Crippen MR) is 64.4 cm³/mol. The Hall–Kier alpha value is -1.43. The van der Waals surface area contributed by atoms with Gasteiger partial charge < -0.3 is 9.63 Å². The minimum absolute atomic E-state index is 0.432. The first-order valence-electron chi connectivity index (χ1n) is 6.98. The first-order valence-corrected chi connectivity index (χ1v) is 6.98. The van der Waals surface area contributed by atoms with Crippen molar-refractivity contribution >= 4 is 5.97 Å². The van der Waals surface area contributed by atoms with Gasteiger partial charge in [-0.3, -0.25) is 9.69 Å². The molecule has 0 radical (unpaired) electrons. The zero-order valence-electron chi connectivity index (χ0n) is 10.7. The molecule has 4 aliphatic rings. The van der Waals surface area contributed by atoms with Crippen LogP contribution in [0.3, 0.4) is 0 Å². The third-order valence-corrected chi connectivity index (χ3v) is 5.01. The summed E-state index contributed by atoms with van der Waals surface area (Å²) >= 11 is 0. The molecule has 19 heavy (non-hydrogen) atoms. The Labute approximate surface area is 110 Å². The quantitative estimate of drug-likeness (QED) is 0.884. The van der Waals surface area contributed by atoms with E-state index in [2.05, 4.69) is 10.1 Å². The summed E-state index contributed by atoms with van der Waals surface area (Å²) in [7, 11) is 0. The largest absolute Gasteiger partial charge is 0.480 e. The van der Waals surface area contributed by atoms with E-state index < -0.39 is 11.5 Å². The predicted octanol–water partition coefficient (Wildman–Crippen LogP) is 1.39. The zero-order chi connectivity index (χ0) is 13.0. The Kier molecular flexibility index (Phi) is 2.27. The fourth-order valence-corrected chi connectivity index (χ4v) is 3.62. The highest BCUT2D eigenvalue weighted by molar-refractivity contribution is 5.81. The Morgan fingerprint density at radius 2 is 2.26 bits per heavy atom. The highest BCUT2D eigenvalue weighted by Gasteiger charge is 2.61. The fourth-order valence-electron chi connectivity index (χ4n) is 3.62. The van der Waals surface area contributed by atoms with Gasteiger partial charge in [0, 0.05) is 12.5 Å². The second kappa shape index (κ2) is 3.79. The number of nitrogens with zero attached hydrogens (tertiary/aromatic N) is 3. The molecule has 6 nitrogen and oxygen atoms in total. The van der Waals surface area contributed by atoms with E-state index in [0.29, 0.717) is 24.2 Å². The summed E-state index contributed by atoms with van der Waals surface area (Å²) in [4.78, 5) is 17.9. The van der Waals surface area contributed by atoms with Crippen molar-refractivity contribution in [2.24, 2.45) is 5.92 Å². The van der Waals surface area contributed by atoms with E-state index in [-0.39, 0.29) is 0 Å². The summed E-state index contributed by atoms with van der Waals surface area (Å²) in [6, 6.07) is 0. The maximum absolute atomic E-state index is 11.4. The number of aliphatic carboxylic acids is 1. The fraction of sp³-hybridized carbons (Fsp3) is 0.769. The van der Waals surface area contributed by atoms with Gasteiger partial charge in [0.15, 0.2) is 5.82 Å². The van der Waals surface area contributed by atoms with Crippen molar-refractivity contribution in [1.29, 1.82) is 0 Å². The van der Waals surface area contributed by atoms with Crippen molar-refractivity contribution in [3.8, 4) is 0 Å². The molecule has 5 rings (SSSR count). The van der Waals surface area contributed by atoms with Crippen molar-refractivity contribution in [2.75, 3.05) is 6.54 Å². The van der Waals surface area contributed by atoms with Crippen LogP contribution in [0, 0.1) is 5.92 Å². The summed E-state index contributed by atoms with van der Waals surface area (Å²) in [5, 5.41) is 13.4. The van der Waals surface area contributed by atoms with E-state index in [1.54, 1.807) is 0 Å². The summed E-state index contributed by atoms with van der Waals surface area (Å²) in [5.74, 6) is 1.63. The summed E-state index contributed by atoms with van der Waals surface area (Å²) < 4.78 is 5.29. The second-order valence-corrected chi connectivity index (χ2v) is 6.17. The molecule has 3 heterocycles. The van der Waals surface area contributed by atoms with Crippen molar-refractivity contribution in [3.05, 3.63) is 11.7 Å². The lowest BCUT2D eigenvalue weighted by atomic mass is 9.73. The summed E-state index contributed by atoms with van der Waals surface area (Å²) in [6.45, 7) is 1.35. The van der Waals surface area contributed by atoms with E-state index in [1.807, 2.05) is 4.90 Å². The molecule has 2 aliphatic carbocycles. The van der Waals surface area contributed by atoms with Crippen LogP contribution in [0.25, 0.3) is 0 Å². The maximum Gasteiger partial charge on any atom is 0.324 e. The van der Waals surface area contributed by atoms with Crippen molar-refractivity contribution < 1.29 is 14.4 Å². The zero-order valence-corrected chi connectivity index (χ0v) is 10.7. The molecule has 1 aromatic heterocycles. The Morgan fingerprint density at radius 3 is 2.89 bits per heavy atom. The molecule has 0 atom stereocenters. The highest BCUT2D eigenvalue weighted by Crippen LogP contribution is 2.51. The van der Waals surface area contributed by atoms with E-state index in [4.69, 9.17) is 4.52 Å². The number of rotatable bonds is 4. The molecule has 2 aliphatic heterocycles. The first-order chi connectivity index (χ1) is 9.17. The van der Waals surface area contributed by atoms with Crippen LogP contribution in [0.15, 0.2) is 4.52 Å². The Balaban J connectivity index is 1.49. The molecular formula is C13H17N3O3. The van der Waals surface area contributed by atoms with E-state index in [0.717, 1.165) is 38.1 Å². The lowest BCUT2D eigenvalue weighted by molar-refractivity contribution is -0.153. The van der Waals surface area contributed by atoms with Crippen molar-refractivity contribution in [3.63, 3.8) is 0 Å². The molecule has 2 saturated heterocycles. The van der Waals surface area contributed by atoms with Crippen LogP contribution in [-0.4, -0.2) is 38.2 Å². The smallest absolute Gasteiger partial charge is 0.324 e. The van der Waals surface area contributed by atoms with Gasteiger partial charge >= 0.3 is 5.97 Å². The van der Waals surface area contributed by atoms with Gasteiger partial charge in [-0.2, -0.15) is 4.98 Å². The standard InChI is InChI=1S/C13H17N3O3/c17-12(18)13-4-8(5-13)6-16(13)7-10-14-11(19-15-10)9-2-1-3-9/h8-9H,1-7H2,(H,17,18). The normalized spacial score (nSPS) is 34.0. The molecule has 0 unspecified atom stereocenters. The number of carboxylic acid groups (broad SMARTS) is 1. The number of fused-ring (bicyclic) bond motifs is 1. The van der Waals surface area contributed by atoms with Crippen LogP contribution in [-0.2, 0) is 11.3 Å². The van der Waals surface area contributed by atoms with Crippen molar-refractivity contribution in [1.82, 2.24) is 15.0 Å². The van der Waals surface area contributed by atoms with Gasteiger partial charge in [0.2, 0.25) is 5.89 Å². The maximum atomic E-state index is 11.4. The first kappa shape index (κ1) is 11.4. The van der Waals surface area contributed by atoms with Crippen LogP contribution < -0.4 is 0 Å². The molecule has 1 aromatic rings. The van der Waals surface area contributed by atoms with Gasteiger partial charge in [-0.1, -0.05) is 11.6 Å². The minimum Gasteiger partial charge on any atom is -0.480 e. The molecule has 6 heteroatoms. The van der Waals surface area contributed by atoms with Crippen LogP contribution in [0.4, 0.5) is 0 Å². The third-order valence-electron chi connectivity index (χ3n) is 5.01. The number of carboxylic acids is 1. The van der Waals surface area contributed by atoms with Crippen molar-refractivity contribution in [2.45, 2.75) is 50.1 Å². The van der Waals surface area contributed by atoms with Crippen LogP contribution in [0.5, 0.6) is 0 Å². The number of aromatic nitrogens is 2. The van der Waals surface area contributed by atoms with Gasteiger partial charge in [-0.25, -0.2) is 0 Å². The van der Waals surface area contributed by atoms with Crippen LogP contribution >= 0.6 is 0 Å². The second-order valence-electron chi connectivity index (χ2n) is 6.17. The molecular weight excluding hydrogens is 246 g/mol. The molecule has 4 fully saturated rings. The van der Waals surface area contributed by atoms with Gasteiger partial charge in [-0.05, 0) is 31.6 Å². The van der Waals surface area contributed by atoms with Gasteiger partial charge in [-0.15, -0.1) is 0 Å². The van der Waals surface area contributed by atoms with E-state index in [1.165, 1.54) is 6.42 Å². The van der Waals surface area contributed by atoms with Gasteiger partial charge in [0.25, 0.3) is 0 Å². The lowest BCUT2D eigenvalue weighted by Gasteiger charge is -2.37. The monoisotopic (exact) mass is 263 g/mol. The van der Waals surface area contributed by atoms with Crippen LogP contribution in [0.1, 0.15) is 49.7 Å². The molecule has 0 amide bonds. The number of hydrogen-bond acceptors (Lipinski definition) is 5. The van der Waals surface area contributed by atoms with Gasteiger partial charge in [0.1, 0.15) is 5.54 Å². The number of hydrogen-bond donors (Lipinski definition) is 1. The Morgan fingerprint density at radius 1 is 1.47 bits per heavy atom. The summed E-state index contributed by atoms with van der Waals surface area (Å²) in [6.07, 6.45) is 5.04. The lowest BCUT2D eigenvalue weighted by Crippen LogP contribution is -2.52.